The van der Waals surface area contributed by atoms with Crippen LogP contribution >= 0.6 is 0 Å². The fraction of sp³-hybridized carbons (Fsp3) is 0.467. The Kier molecular flexibility index (Phi) is 3.79. The summed E-state index contributed by atoms with van der Waals surface area (Å²) in [6.45, 7) is 5.24. The van der Waals surface area contributed by atoms with Gasteiger partial charge in [0.1, 0.15) is 17.2 Å². The minimum Gasteiger partial charge on any atom is -0.478 e. The van der Waals surface area contributed by atoms with Crippen molar-refractivity contribution in [2.75, 3.05) is 18.0 Å². The lowest BCUT2D eigenvalue weighted by molar-refractivity contribution is 0.0697. The van der Waals surface area contributed by atoms with Crippen molar-refractivity contribution in [2.24, 2.45) is 0 Å². The Morgan fingerprint density at radius 3 is 2.86 bits per heavy atom. The highest BCUT2D eigenvalue weighted by atomic mass is 16.4. The Balaban J connectivity index is 1.89. The van der Waals surface area contributed by atoms with Crippen LogP contribution in [0.1, 0.15) is 46.5 Å². The Bertz CT molecular complexity index is 697. The van der Waals surface area contributed by atoms with E-state index < -0.39 is 5.97 Å². The molecular weight excluding hydrogens is 282 g/mol. The van der Waals surface area contributed by atoms with E-state index in [1.807, 2.05) is 18.7 Å². The predicted octanol–water partition coefficient (Wildman–Crippen LogP) is 1.90. The zero-order valence-electron chi connectivity index (χ0n) is 12.7. The molecule has 1 aliphatic heterocycles. The van der Waals surface area contributed by atoms with Crippen LogP contribution in [0.15, 0.2) is 12.1 Å². The van der Waals surface area contributed by atoms with Gasteiger partial charge in [-0.1, -0.05) is 0 Å². The van der Waals surface area contributed by atoms with Crippen molar-refractivity contribution < 1.29 is 9.90 Å². The Labute approximate surface area is 128 Å². The fourth-order valence-corrected chi connectivity index (χ4v) is 2.87. The van der Waals surface area contributed by atoms with Gasteiger partial charge in [-0.05, 0) is 38.8 Å². The number of anilines is 1. The number of hydrogen-bond acceptors (Lipinski definition) is 5. The quantitative estimate of drug-likeness (QED) is 0.899. The molecule has 3 heterocycles. The van der Waals surface area contributed by atoms with Crippen LogP contribution in [0, 0.1) is 13.8 Å². The first-order chi connectivity index (χ1) is 10.5. The average Bonchev–Trinajstić information content (AvgIpc) is 2.93. The smallest absolute Gasteiger partial charge is 0.339 e. The third kappa shape index (κ3) is 2.79. The van der Waals surface area contributed by atoms with Crippen LogP contribution in [0.25, 0.3) is 0 Å². The zero-order chi connectivity index (χ0) is 15.7. The number of carboxylic acids is 1. The second kappa shape index (κ2) is 5.75. The van der Waals surface area contributed by atoms with Gasteiger partial charge < -0.3 is 10.0 Å². The molecule has 7 heteroatoms. The summed E-state index contributed by atoms with van der Waals surface area (Å²) in [5.74, 6) is 1.39. The van der Waals surface area contributed by atoms with E-state index >= 15 is 0 Å². The molecule has 0 aromatic carbocycles. The van der Waals surface area contributed by atoms with Crippen LogP contribution in [0.5, 0.6) is 0 Å². The van der Waals surface area contributed by atoms with E-state index in [0.717, 1.165) is 36.7 Å². The van der Waals surface area contributed by atoms with E-state index in [2.05, 4.69) is 20.2 Å². The second-order valence-electron chi connectivity index (χ2n) is 5.69. The lowest BCUT2D eigenvalue weighted by atomic mass is 9.97. The SMILES string of the molecule is Cc1ccc(C(=O)O)c(N2CCCC(c3n[nH]c(C)n3)C2)n1. The molecule has 2 N–H and O–H groups in total. The minimum absolute atomic E-state index is 0.197. The molecule has 1 aliphatic rings. The van der Waals surface area contributed by atoms with E-state index in [-0.39, 0.29) is 11.5 Å². The van der Waals surface area contributed by atoms with Gasteiger partial charge in [-0.3, -0.25) is 5.10 Å². The molecular formula is C15H19N5O2. The Hall–Kier alpha value is -2.44. The van der Waals surface area contributed by atoms with Gasteiger partial charge in [0.25, 0.3) is 0 Å². The van der Waals surface area contributed by atoms with Crippen molar-refractivity contribution in [3.63, 3.8) is 0 Å². The summed E-state index contributed by atoms with van der Waals surface area (Å²) in [5.41, 5.74) is 1.06. The molecule has 0 radical (unpaired) electrons. The number of nitrogens with zero attached hydrogens (tertiary/aromatic N) is 4. The molecule has 3 rings (SSSR count). The number of carbonyl (C=O) groups is 1. The van der Waals surface area contributed by atoms with Gasteiger partial charge in [-0.25, -0.2) is 14.8 Å². The molecule has 0 bridgehead atoms. The molecule has 1 saturated heterocycles. The maximum atomic E-state index is 11.4. The molecule has 0 spiro atoms. The zero-order valence-corrected chi connectivity index (χ0v) is 12.7. The summed E-state index contributed by atoms with van der Waals surface area (Å²) in [6.07, 6.45) is 1.97. The molecule has 7 nitrogen and oxygen atoms in total. The number of hydrogen-bond donors (Lipinski definition) is 2. The average molecular weight is 301 g/mol. The molecule has 1 unspecified atom stereocenters. The second-order valence-corrected chi connectivity index (χ2v) is 5.69. The van der Waals surface area contributed by atoms with Gasteiger partial charge in [0.05, 0.1) is 0 Å². The third-order valence-corrected chi connectivity index (χ3v) is 3.95. The molecule has 2 aromatic rings. The van der Waals surface area contributed by atoms with Gasteiger partial charge in [0, 0.05) is 24.7 Å². The molecule has 0 aliphatic carbocycles. The van der Waals surface area contributed by atoms with E-state index in [4.69, 9.17) is 0 Å². The van der Waals surface area contributed by atoms with E-state index in [9.17, 15) is 9.90 Å². The van der Waals surface area contributed by atoms with Crippen molar-refractivity contribution in [3.8, 4) is 0 Å². The Morgan fingerprint density at radius 1 is 1.36 bits per heavy atom. The van der Waals surface area contributed by atoms with Crippen molar-refractivity contribution in [1.29, 1.82) is 0 Å². The molecule has 1 atom stereocenters. The number of carboxylic acid groups (broad SMARTS) is 1. The summed E-state index contributed by atoms with van der Waals surface area (Å²) in [4.78, 5) is 22.3. The highest BCUT2D eigenvalue weighted by Crippen LogP contribution is 2.29. The number of aromatic amines is 1. The maximum Gasteiger partial charge on any atom is 0.339 e. The van der Waals surface area contributed by atoms with Crippen LogP contribution in [0.2, 0.25) is 0 Å². The van der Waals surface area contributed by atoms with E-state index in [1.165, 1.54) is 0 Å². The summed E-state index contributed by atoms with van der Waals surface area (Å²) in [7, 11) is 0. The number of aryl methyl sites for hydroxylation is 2. The normalized spacial score (nSPS) is 18.5. The number of aromatic nitrogens is 4. The molecule has 1 fully saturated rings. The number of rotatable bonds is 3. The summed E-state index contributed by atoms with van der Waals surface area (Å²) in [6, 6.07) is 3.35. The fourth-order valence-electron chi connectivity index (χ4n) is 2.87. The van der Waals surface area contributed by atoms with Crippen LogP contribution in [0.3, 0.4) is 0 Å². The molecule has 22 heavy (non-hydrogen) atoms. The van der Waals surface area contributed by atoms with Crippen LogP contribution < -0.4 is 4.90 Å². The number of H-pyrrole nitrogens is 1. The van der Waals surface area contributed by atoms with Crippen molar-refractivity contribution in [2.45, 2.75) is 32.6 Å². The minimum atomic E-state index is -0.946. The summed E-state index contributed by atoms with van der Waals surface area (Å²) >= 11 is 0. The van der Waals surface area contributed by atoms with Crippen LogP contribution in [-0.2, 0) is 0 Å². The lowest BCUT2D eigenvalue weighted by Crippen LogP contribution is -2.36. The van der Waals surface area contributed by atoms with Gasteiger partial charge in [0.15, 0.2) is 5.82 Å². The van der Waals surface area contributed by atoms with Gasteiger partial charge in [0.2, 0.25) is 0 Å². The van der Waals surface area contributed by atoms with Crippen LogP contribution in [-0.4, -0.2) is 44.3 Å². The predicted molar refractivity (Wildman–Crippen MR) is 81.2 cm³/mol. The highest BCUT2D eigenvalue weighted by Gasteiger charge is 2.27. The molecule has 116 valence electrons. The molecule has 0 saturated carbocycles. The molecule has 0 amide bonds. The van der Waals surface area contributed by atoms with E-state index in [1.54, 1.807) is 12.1 Å². The number of aromatic carboxylic acids is 1. The summed E-state index contributed by atoms with van der Waals surface area (Å²) < 4.78 is 0. The lowest BCUT2D eigenvalue weighted by Gasteiger charge is -2.33. The highest BCUT2D eigenvalue weighted by molar-refractivity contribution is 5.93. The molecule has 2 aromatic heterocycles. The van der Waals surface area contributed by atoms with E-state index in [0.29, 0.717) is 12.4 Å². The number of nitrogens with one attached hydrogen (secondary N) is 1. The van der Waals surface area contributed by atoms with Gasteiger partial charge in [-0.2, -0.15) is 5.10 Å². The largest absolute Gasteiger partial charge is 0.478 e. The van der Waals surface area contributed by atoms with Gasteiger partial charge >= 0.3 is 5.97 Å². The monoisotopic (exact) mass is 301 g/mol. The standard InChI is InChI=1S/C15H19N5O2/c1-9-5-6-12(15(21)22)14(16-9)20-7-3-4-11(8-20)13-17-10(2)18-19-13/h5-6,11H,3-4,7-8H2,1-2H3,(H,21,22)(H,17,18,19). The van der Waals surface area contributed by atoms with Crippen LogP contribution in [0.4, 0.5) is 5.82 Å². The first kappa shape index (κ1) is 14.5. The topological polar surface area (TPSA) is 95.0 Å². The first-order valence-electron chi connectivity index (χ1n) is 7.39. The maximum absolute atomic E-state index is 11.4. The number of piperidine rings is 1. The number of pyridine rings is 1. The van der Waals surface area contributed by atoms with Crippen molar-refractivity contribution in [1.82, 2.24) is 20.2 Å². The first-order valence-corrected chi connectivity index (χ1v) is 7.39. The third-order valence-electron chi connectivity index (χ3n) is 3.95. The van der Waals surface area contributed by atoms with Crippen molar-refractivity contribution in [3.05, 3.63) is 35.0 Å². The Morgan fingerprint density at radius 2 is 2.18 bits per heavy atom. The summed E-state index contributed by atoms with van der Waals surface area (Å²) in [5, 5.41) is 16.5. The van der Waals surface area contributed by atoms with Gasteiger partial charge in [-0.15, -0.1) is 0 Å². The van der Waals surface area contributed by atoms with Crippen molar-refractivity contribution >= 4 is 11.8 Å².